The molecular formula is C16H17N3O2. The molecule has 2 aromatic rings. The molecule has 1 amide bonds. The van der Waals surface area contributed by atoms with E-state index in [2.05, 4.69) is 27.8 Å². The van der Waals surface area contributed by atoms with Crippen molar-refractivity contribution in [2.45, 2.75) is 19.0 Å². The molecule has 1 aromatic heterocycles. The lowest BCUT2D eigenvalue weighted by Gasteiger charge is -2.25. The highest BCUT2D eigenvalue weighted by atomic mass is 16.5. The van der Waals surface area contributed by atoms with Crippen LogP contribution in [0.3, 0.4) is 0 Å². The molecule has 0 unspecified atom stereocenters. The number of nitrogens with one attached hydrogen (secondary N) is 2. The molecule has 0 fully saturated rings. The maximum absolute atomic E-state index is 12.3. The van der Waals surface area contributed by atoms with E-state index in [1.807, 2.05) is 12.1 Å². The number of hydrogen-bond donors (Lipinski definition) is 2. The number of carbonyl (C=O) groups is 1. The van der Waals surface area contributed by atoms with Gasteiger partial charge in [-0.15, -0.1) is 0 Å². The first-order chi connectivity index (χ1) is 10.3. The second kappa shape index (κ2) is 5.93. The normalized spacial score (nSPS) is 16.9. The third-order valence-electron chi connectivity index (χ3n) is 3.61. The van der Waals surface area contributed by atoms with Crippen molar-refractivity contribution in [2.24, 2.45) is 0 Å². The van der Waals surface area contributed by atoms with Crippen molar-refractivity contribution < 1.29 is 9.53 Å². The molecule has 5 nitrogen and oxygen atoms in total. The maximum Gasteiger partial charge on any atom is 0.241 e. The van der Waals surface area contributed by atoms with Gasteiger partial charge in [-0.25, -0.2) is 4.98 Å². The summed E-state index contributed by atoms with van der Waals surface area (Å²) in [7, 11) is 1.56. The van der Waals surface area contributed by atoms with Crippen molar-refractivity contribution >= 4 is 11.6 Å². The van der Waals surface area contributed by atoms with E-state index in [1.54, 1.807) is 25.4 Å². The molecule has 0 saturated carbocycles. The number of anilines is 1. The van der Waals surface area contributed by atoms with E-state index in [9.17, 15) is 4.79 Å². The summed E-state index contributed by atoms with van der Waals surface area (Å²) in [5, 5.41) is 6.13. The van der Waals surface area contributed by atoms with Crippen LogP contribution in [-0.4, -0.2) is 24.0 Å². The number of hydrogen-bond acceptors (Lipinski definition) is 4. The van der Waals surface area contributed by atoms with Gasteiger partial charge in [0.15, 0.2) is 0 Å². The van der Waals surface area contributed by atoms with E-state index in [4.69, 9.17) is 4.74 Å². The lowest BCUT2D eigenvalue weighted by molar-refractivity contribution is -0.118. The Kier molecular flexibility index (Phi) is 3.83. The van der Waals surface area contributed by atoms with Crippen LogP contribution in [0, 0.1) is 0 Å². The molecule has 1 aliphatic heterocycles. The van der Waals surface area contributed by atoms with Gasteiger partial charge in [-0.1, -0.05) is 24.3 Å². The predicted octanol–water partition coefficient (Wildman–Crippen LogP) is 1.74. The average Bonchev–Trinajstić information content (AvgIpc) is 2.55. The Hall–Kier alpha value is -2.40. The van der Waals surface area contributed by atoms with E-state index < -0.39 is 0 Å². The summed E-state index contributed by atoms with van der Waals surface area (Å²) in [4.78, 5) is 16.4. The van der Waals surface area contributed by atoms with Gasteiger partial charge in [-0.3, -0.25) is 4.79 Å². The summed E-state index contributed by atoms with van der Waals surface area (Å²) >= 11 is 0. The van der Waals surface area contributed by atoms with Gasteiger partial charge in [-0.2, -0.15) is 0 Å². The average molecular weight is 283 g/mol. The van der Waals surface area contributed by atoms with E-state index in [0.29, 0.717) is 18.0 Å². The molecule has 1 atom stereocenters. The Bertz CT molecular complexity index is 640. The largest absolute Gasteiger partial charge is 0.481 e. The number of benzene rings is 1. The van der Waals surface area contributed by atoms with Gasteiger partial charge in [0.1, 0.15) is 0 Å². The number of fused-ring (bicyclic) bond motifs is 1. The number of amides is 1. The number of methoxy groups -OCH3 is 1. The molecular weight excluding hydrogens is 266 g/mol. The fraction of sp³-hybridized carbons (Fsp3) is 0.250. The molecule has 3 rings (SSSR count). The molecule has 1 aromatic carbocycles. The van der Waals surface area contributed by atoms with E-state index in [1.165, 1.54) is 11.1 Å². The van der Waals surface area contributed by atoms with Gasteiger partial charge in [0.25, 0.3) is 0 Å². The number of nitrogens with zero attached hydrogens (tertiary/aromatic N) is 1. The van der Waals surface area contributed by atoms with Gasteiger partial charge in [0.2, 0.25) is 11.8 Å². The lowest BCUT2D eigenvalue weighted by atomic mass is 9.95. The molecule has 21 heavy (non-hydrogen) atoms. The monoisotopic (exact) mass is 283 g/mol. The van der Waals surface area contributed by atoms with Crippen molar-refractivity contribution in [3.63, 3.8) is 0 Å². The quantitative estimate of drug-likeness (QED) is 0.900. The molecule has 0 radical (unpaired) electrons. The van der Waals surface area contributed by atoms with Gasteiger partial charge in [0, 0.05) is 12.6 Å². The molecule has 0 spiro atoms. The van der Waals surface area contributed by atoms with Crippen LogP contribution in [-0.2, 0) is 17.8 Å². The second-order valence-electron chi connectivity index (χ2n) is 4.98. The third kappa shape index (κ3) is 3.03. The Morgan fingerprint density at radius 3 is 2.81 bits per heavy atom. The summed E-state index contributed by atoms with van der Waals surface area (Å²) in [6.07, 6.45) is 2.29. The minimum absolute atomic E-state index is 0.0449. The van der Waals surface area contributed by atoms with Crippen LogP contribution in [0.15, 0.2) is 42.6 Å². The first-order valence-corrected chi connectivity index (χ1v) is 6.87. The zero-order chi connectivity index (χ0) is 14.7. The smallest absolute Gasteiger partial charge is 0.241 e. The van der Waals surface area contributed by atoms with Gasteiger partial charge in [-0.05, 0) is 23.6 Å². The lowest BCUT2D eigenvalue weighted by Crippen LogP contribution is -2.44. The van der Waals surface area contributed by atoms with Crippen LogP contribution in [0.4, 0.5) is 5.69 Å². The molecule has 0 aliphatic carbocycles. The summed E-state index contributed by atoms with van der Waals surface area (Å²) in [5.41, 5.74) is 3.15. The summed E-state index contributed by atoms with van der Waals surface area (Å²) in [6, 6.07) is 11.5. The SMILES string of the molecule is COc1ccc(NC(=O)[C@@H]2Cc3ccccc3CN2)cn1. The van der Waals surface area contributed by atoms with Gasteiger partial charge in [0.05, 0.1) is 25.0 Å². The number of rotatable bonds is 3. The first kappa shape index (κ1) is 13.6. The third-order valence-corrected chi connectivity index (χ3v) is 3.61. The highest BCUT2D eigenvalue weighted by molar-refractivity contribution is 5.95. The van der Waals surface area contributed by atoms with Crippen LogP contribution in [0.25, 0.3) is 0 Å². The van der Waals surface area contributed by atoms with Crippen LogP contribution >= 0.6 is 0 Å². The van der Waals surface area contributed by atoms with Crippen molar-refractivity contribution in [1.82, 2.24) is 10.3 Å². The Labute approximate surface area is 123 Å². The van der Waals surface area contributed by atoms with Crippen LogP contribution < -0.4 is 15.4 Å². The highest BCUT2D eigenvalue weighted by Crippen LogP contribution is 2.17. The minimum atomic E-state index is -0.220. The van der Waals surface area contributed by atoms with Crippen molar-refractivity contribution in [3.05, 3.63) is 53.7 Å². The van der Waals surface area contributed by atoms with Crippen LogP contribution in [0.5, 0.6) is 5.88 Å². The summed E-state index contributed by atoms with van der Waals surface area (Å²) in [5.74, 6) is 0.481. The van der Waals surface area contributed by atoms with Gasteiger partial charge < -0.3 is 15.4 Å². The molecule has 0 bridgehead atoms. The fourth-order valence-corrected chi connectivity index (χ4v) is 2.44. The van der Waals surface area contributed by atoms with Crippen LogP contribution in [0.1, 0.15) is 11.1 Å². The minimum Gasteiger partial charge on any atom is -0.481 e. The van der Waals surface area contributed by atoms with Crippen LogP contribution in [0.2, 0.25) is 0 Å². The Morgan fingerprint density at radius 1 is 1.29 bits per heavy atom. The standard InChI is InChI=1S/C16H17N3O2/c1-21-15-7-6-13(10-18-15)19-16(20)14-8-11-4-2-3-5-12(11)9-17-14/h2-7,10,14,17H,8-9H2,1H3,(H,19,20)/t14-/m0/s1. The number of aromatic nitrogens is 1. The Balaban J connectivity index is 1.66. The molecule has 5 heteroatoms. The molecule has 2 heterocycles. The number of ether oxygens (including phenoxy) is 1. The second-order valence-corrected chi connectivity index (χ2v) is 4.98. The van der Waals surface area contributed by atoms with Crippen molar-refractivity contribution in [1.29, 1.82) is 0 Å². The van der Waals surface area contributed by atoms with E-state index in [-0.39, 0.29) is 11.9 Å². The fourth-order valence-electron chi connectivity index (χ4n) is 2.44. The molecule has 1 aliphatic rings. The van der Waals surface area contributed by atoms with E-state index in [0.717, 1.165) is 6.54 Å². The molecule has 0 saturated heterocycles. The zero-order valence-corrected chi connectivity index (χ0v) is 11.8. The topological polar surface area (TPSA) is 63.2 Å². The highest BCUT2D eigenvalue weighted by Gasteiger charge is 2.23. The molecule has 2 N–H and O–H groups in total. The predicted molar refractivity (Wildman–Crippen MR) is 80.2 cm³/mol. The Morgan fingerprint density at radius 2 is 2.10 bits per heavy atom. The van der Waals surface area contributed by atoms with Crippen molar-refractivity contribution in [3.8, 4) is 5.88 Å². The maximum atomic E-state index is 12.3. The number of pyridine rings is 1. The van der Waals surface area contributed by atoms with Gasteiger partial charge >= 0.3 is 0 Å². The first-order valence-electron chi connectivity index (χ1n) is 6.87. The van der Waals surface area contributed by atoms with Crippen molar-refractivity contribution in [2.75, 3.05) is 12.4 Å². The molecule has 108 valence electrons. The number of carbonyl (C=O) groups excluding carboxylic acids is 1. The zero-order valence-electron chi connectivity index (χ0n) is 11.8. The van der Waals surface area contributed by atoms with E-state index >= 15 is 0 Å². The summed E-state index contributed by atoms with van der Waals surface area (Å²) in [6.45, 7) is 0.717. The summed E-state index contributed by atoms with van der Waals surface area (Å²) < 4.78 is 4.99.